The maximum absolute atomic E-state index is 13.4. The number of cyclic esters (lactones) is 3. The second-order valence-electron chi connectivity index (χ2n) is 13.2. The fourth-order valence-corrected chi connectivity index (χ4v) is 6.02. The van der Waals surface area contributed by atoms with Crippen LogP contribution in [0.4, 0.5) is 0 Å². The van der Waals surface area contributed by atoms with Crippen molar-refractivity contribution in [1.82, 2.24) is 0 Å². The number of ether oxygens (including phenoxy) is 5. The third-order valence-corrected chi connectivity index (χ3v) is 9.10. The number of rotatable bonds is 7. The maximum atomic E-state index is 13.4. The van der Waals surface area contributed by atoms with E-state index >= 15 is 0 Å². The van der Waals surface area contributed by atoms with E-state index in [-0.39, 0.29) is 57.1 Å². The van der Waals surface area contributed by atoms with Gasteiger partial charge in [0.05, 0.1) is 33.4 Å². The van der Waals surface area contributed by atoms with Gasteiger partial charge in [0.1, 0.15) is 18.1 Å². The molecule has 1 atom stereocenters. The Labute approximate surface area is 340 Å². The first-order chi connectivity index (χ1) is 29.1. The van der Waals surface area contributed by atoms with Gasteiger partial charge in [-0.3, -0.25) is 0 Å². The van der Waals surface area contributed by atoms with Crippen molar-refractivity contribution in [3.63, 3.8) is 0 Å². The molecule has 12 heteroatoms. The molecule has 12 nitrogen and oxygen atoms in total. The van der Waals surface area contributed by atoms with Gasteiger partial charge in [-0.15, -0.1) is 0 Å². The molecule has 0 bridgehead atoms. The van der Waals surface area contributed by atoms with Crippen LogP contribution in [0.5, 0.6) is 11.5 Å². The molecule has 0 amide bonds. The molecule has 60 heavy (non-hydrogen) atoms. The number of carbonyl (C=O) groups is 6. The van der Waals surface area contributed by atoms with Gasteiger partial charge in [-0.2, -0.15) is 0 Å². The highest BCUT2D eigenvalue weighted by Crippen LogP contribution is 2.31. The molecule has 6 aromatic rings. The Bertz CT molecular complexity index is 2890. The van der Waals surface area contributed by atoms with Crippen molar-refractivity contribution >= 4 is 35.8 Å². The Morgan fingerprint density at radius 3 is 1.63 bits per heavy atom. The van der Waals surface area contributed by atoms with Crippen molar-refractivity contribution in [2.75, 3.05) is 0 Å². The molecule has 0 radical (unpaired) electrons. The fraction of sp³-hybridized carbons (Fsp3) is 0.0417. The largest absolute Gasteiger partial charge is 0.457 e. The smallest absolute Gasteiger partial charge is 0.346 e. The molecule has 0 aromatic heterocycles. The van der Waals surface area contributed by atoms with Crippen molar-refractivity contribution in [2.45, 2.75) is 12.9 Å². The highest BCUT2D eigenvalue weighted by atomic mass is 16.6. The van der Waals surface area contributed by atoms with Crippen LogP contribution >= 0.6 is 0 Å². The monoisotopic (exact) mass is 794 g/mol. The normalized spacial score (nSPS) is 13.3. The number of fused-ring (bicyclic) bond motifs is 2. The van der Waals surface area contributed by atoms with E-state index in [1.165, 1.54) is 42.5 Å². The first-order valence-corrected chi connectivity index (χ1v) is 18.0. The van der Waals surface area contributed by atoms with Gasteiger partial charge in [-0.25, -0.2) is 28.8 Å². The van der Waals surface area contributed by atoms with Crippen molar-refractivity contribution < 1.29 is 57.6 Å². The lowest BCUT2D eigenvalue weighted by molar-refractivity contribution is -0.0548. The average Bonchev–Trinajstić information content (AvgIpc) is 3.72. The second kappa shape index (κ2) is 16.5. The second-order valence-corrected chi connectivity index (χ2v) is 13.2. The third-order valence-electron chi connectivity index (χ3n) is 9.10. The Kier molecular flexibility index (Phi) is 10.5. The summed E-state index contributed by atoms with van der Waals surface area (Å²) in [5.41, 5.74) is 3.61. The van der Waals surface area contributed by atoms with Crippen LogP contribution in [-0.2, 0) is 20.8 Å². The van der Waals surface area contributed by atoms with E-state index in [2.05, 4.69) is 28.4 Å². The Morgan fingerprint density at radius 1 is 0.517 bits per heavy atom. The fourth-order valence-electron chi connectivity index (χ4n) is 6.02. The van der Waals surface area contributed by atoms with E-state index in [0.29, 0.717) is 5.56 Å². The van der Waals surface area contributed by atoms with E-state index in [1.807, 2.05) is 54.6 Å². The minimum Gasteiger partial charge on any atom is -0.457 e. The van der Waals surface area contributed by atoms with Crippen LogP contribution in [-0.4, -0.2) is 40.9 Å². The molecule has 0 saturated heterocycles. The Balaban J connectivity index is 0.962. The molecule has 0 fully saturated rings. The molecule has 2 heterocycles. The van der Waals surface area contributed by atoms with Gasteiger partial charge in [-0.1, -0.05) is 60.1 Å². The first kappa shape index (κ1) is 38.3. The van der Waals surface area contributed by atoms with Crippen molar-refractivity contribution in [3.8, 4) is 35.2 Å². The van der Waals surface area contributed by atoms with E-state index in [9.17, 15) is 33.9 Å². The molecule has 8 rings (SSSR count). The standard InChI is InChI=1S/C48H26O12/c49-42(56-27-32-16-14-31(15-17-32)13-12-30-10-8-29(9-11-30)7-6-28-4-2-1-3-5-28)35-22-36(57-43(50)33-18-20-38-40(24-33)47(54)59-45(38)52)26-37(23-35)58-44(51)34-19-21-39-41(25-34)48(55)60-46(39)53/h1-5,8-11,14-26,45,52H,27H2. The van der Waals surface area contributed by atoms with Crippen LogP contribution in [0.1, 0.15) is 102 Å². The van der Waals surface area contributed by atoms with E-state index in [1.54, 1.807) is 24.3 Å². The van der Waals surface area contributed by atoms with Crippen LogP contribution in [0.2, 0.25) is 0 Å². The molecule has 0 spiro atoms. The average molecular weight is 795 g/mol. The molecule has 6 aromatic carbocycles. The van der Waals surface area contributed by atoms with E-state index in [0.717, 1.165) is 34.4 Å². The molecule has 2 aliphatic rings. The zero-order chi connectivity index (χ0) is 41.8. The van der Waals surface area contributed by atoms with Crippen LogP contribution in [0.15, 0.2) is 133 Å². The van der Waals surface area contributed by atoms with Crippen LogP contribution in [0.25, 0.3) is 0 Å². The van der Waals surface area contributed by atoms with Crippen molar-refractivity contribution in [3.05, 3.63) is 200 Å². The third kappa shape index (κ3) is 8.55. The summed E-state index contributed by atoms with van der Waals surface area (Å²) >= 11 is 0. The molecule has 2 aliphatic heterocycles. The van der Waals surface area contributed by atoms with Gasteiger partial charge >= 0.3 is 35.8 Å². The molecule has 0 aliphatic carbocycles. The summed E-state index contributed by atoms with van der Waals surface area (Å²) in [6, 6.07) is 35.4. The predicted octanol–water partition coefficient (Wildman–Crippen LogP) is 6.75. The molecular weight excluding hydrogens is 769 g/mol. The summed E-state index contributed by atoms with van der Waals surface area (Å²) < 4.78 is 25.9. The van der Waals surface area contributed by atoms with Gasteiger partial charge < -0.3 is 28.8 Å². The lowest BCUT2D eigenvalue weighted by atomic mass is 10.1. The van der Waals surface area contributed by atoms with Gasteiger partial charge in [0.2, 0.25) is 6.29 Å². The van der Waals surface area contributed by atoms with Gasteiger partial charge in [0.15, 0.2) is 0 Å². The lowest BCUT2D eigenvalue weighted by Crippen LogP contribution is -2.13. The zero-order valence-electron chi connectivity index (χ0n) is 30.9. The number of hydrogen-bond donors (Lipinski definition) is 1. The number of esters is 6. The first-order valence-electron chi connectivity index (χ1n) is 18.0. The summed E-state index contributed by atoms with van der Waals surface area (Å²) in [7, 11) is 0. The molecule has 1 N–H and O–H groups in total. The number of aliphatic hydroxyl groups excluding tert-OH is 1. The molecule has 290 valence electrons. The topological polar surface area (TPSA) is 169 Å². The van der Waals surface area contributed by atoms with Gasteiger partial charge in [0.25, 0.3) is 0 Å². The van der Waals surface area contributed by atoms with Gasteiger partial charge in [0, 0.05) is 33.9 Å². The van der Waals surface area contributed by atoms with Crippen molar-refractivity contribution in [2.24, 2.45) is 0 Å². The Morgan fingerprint density at radius 2 is 1.03 bits per heavy atom. The number of aliphatic hydroxyl groups is 1. The summed E-state index contributed by atoms with van der Waals surface area (Å²) in [6.45, 7) is -0.155. The zero-order valence-corrected chi connectivity index (χ0v) is 30.9. The minimum absolute atomic E-state index is 0.0143. The van der Waals surface area contributed by atoms with E-state index < -0.39 is 42.1 Å². The predicted molar refractivity (Wildman–Crippen MR) is 210 cm³/mol. The van der Waals surface area contributed by atoms with Crippen LogP contribution in [0, 0.1) is 23.7 Å². The van der Waals surface area contributed by atoms with Gasteiger partial charge in [-0.05, 0) is 96.6 Å². The summed E-state index contributed by atoms with van der Waals surface area (Å²) in [4.78, 5) is 75.9. The maximum Gasteiger partial charge on any atom is 0.346 e. The lowest BCUT2D eigenvalue weighted by Gasteiger charge is -2.12. The van der Waals surface area contributed by atoms with Crippen molar-refractivity contribution in [1.29, 1.82) is 0 Å². The minimum atomic E-state index is -1.47. The molecule has 0 saturated carbocycles. The number of hydrogen-bond acceptors (Lipinski definition) is 12. The summed E-state index contributed by atoms with van der Waals surface area (Å²) in [6.07, 6.45) is -1.47. The Hall–Kier alpha value is -8.58. The quantitative estimate of drug-likeness (QED) is 0.0594. The van der Waals surface area contributed by atoms with Crippen LogP contribution in [0.3, 0.4) is 0 Å². The summed E-state index contributed by atoms with van der Waals surface area (Å²) in [5, 5.41) is 9.90. The summed E-state index contributed by atoms with van der Waals surface area (Å²) in [5.74, 6) is 6.62. The number of carbonyl (C=O) groups excluding carboxylic acids is 6. The highest BCUT2D eigenvalue weighted by Gasteiger charge is 2.32. The number of benzene rings is 6. The SMILES string of the molecule is O=C(OCc1ccc(C#Cc2ccc(C#Cc3ccccc3)cc2)cc1)c1cc(OC(=O)c2ccc3c(c2)C(=O)OC3=O)cc(OC(=O)c2ccc3c(c2)C(=O)OC3O)c1. The highest BCUT2D eigenvalue weighted by molar-refractivity contribution is 6.15. The molecular formula is C48H26O12. The van der Waals surface area contributed by atoms with Crippen LogP contribution < -0.4 is 9.47 Å². The van der Waals surface area contributed by atoms with E-state index in [4.69, 9.17) is 18.9 Å². The molecule has 1 unspecified atom stereocenters.